The minimum atomic E-state index is -0.457. The number of anilines is 1. The third-order valence-corrected chi connectivity index (χ3v) is 2.95. The number of fused-ring (bicyclic) bond motifs is 3. The standard InChI is InChI=1S/C11H12FN5O2/c1-19-7-3-5(12)2-6-9(7)15-11(13)17-10(6)14-8(4-18)16-17/h2-3,8,13-14,16,18H,4H2,1H3. The number of aliphatic hydroxyl groups is 1. The second-order valence-corrected chi connectivity index (χ2v) is 4.13. The summed E-state index contributed by atoms with van der Waals surface area (Å²) < 4.78 is 20.0. The molecule has 1 atom stereocenters. The van der Waals surface area contributed by atoms with E-state index >= 15 is 0 Å². The van der Waals surface area contributed by atoms with Crippen molar-refractivity contribution in [2.24, 2.45) is 0 Å². The molecule has 100 valence electrons. The molecule has 1 aliphatic rings. The van der Waals surface area contributed by atoms with Crippen LogP contribution in [0.2, 0.25) is 0 Å². The summed E-state index contributed by atoms with van der Waals surface area (Å²) in [5.41, 5.74) is 3.18. The van der Waals surface area contributed by atoms with Gasteiger partial charge in [0, 0.05) is 11.5 Å². The molecule has 0 radical (unpaired) electrons. The molecular formula is C11H12FN5O2. The fourth-order valence-corrected chi connectivity index (χ4v) is 2.12. The molecule has 7 nitrogen and oxygen atoms in total. The fourth-order valence-electron chi connectivity index (χ4n) is 2.12. The lowest BCUT2D eigenvalue weighted by atomic mass is 10.2. The Bertz CT molecular complexity index is 714. The van der Waals surface area contributed by atoms with Gasteiger partial charge in [0.15, 0.2) is 0 Å². The molecule has 0 aliphatic carbocycles. The molecule has 1 aromatic carbocycles. The normalized spacial score (nSPS) is 16.9. The highest BCUT2D eigenvalue weighted by atomic mass is 19.1. The second kappa shape index (κ2) is 4.09. The quantitative estimate of drug-likeness (QED) is 0.610. The van der Waals surface area contributed by atoms with E-state index in [1.54, 1.807) is 0 Å². The van der Waals surface area contributed by atoms with Crippen LogP contribution in [-0.2, 0) is 0 Å². The Morgan fingerprint density at radius 3 is 3.05 bits per heavy atom. The van der Waals surface area contributed by atoms with Crippen molar-refractivity contribution in [2.75, 3.05) is 24.5 Å². The Balaban J connectivity index is 2.35. The van der Waals surface area contributed by atoms with Crippen LogP contribution >= 0.6 is 0 Å². The highest BCUT2D eigenvalue weighted by molar-refractivity contribution is 5.94. The number of ether oxygens (including phenoxy) is 1. The molecule has 3 rings (SSSR count). The Hall–Kier alpha value is -2.35. The van der Waals surface area contributed by atoms with Gasteiger partial charge in [-0.25, -0.2) is 14.1 Å². The fraction of sp³-hybridized carbons (Fsp3) is 0.273. The van der Waals surface area contributed by atoms with E-state index in [9.17, 15) is 4.39 Å². The zero-order chi connectivity index (χ0) is 13.6. The number of benzene rings is 1. The van der Waals surface area contributed by atoms with Crippen molar-refractivity contribution in [3.05, 3.63) is 23.6 Å². The van der Waals surface area contributed by atoms with Crippen molar-refractivity contribution in [3.8, 4) is 5.75 Å². The van der Waals surface area contributed by atoms with Gasteiger partial charge < -0.3 is 15.2 Å². The molecule has 19 heavy (non-hydrogen) atoms. The van der Waals surface area contributed by atoms with Gasteiger partial charge in [-0.15, -0.1) is 0 Å². The molecule has 8 heteroatoms. The number of hydrogen-bond acceptors (Lipinski definition) is 6. The lowest BCUT2D eigenvalue weighted by Gasteiger charge is -2.09. The Kier molecular flexibility index (Phi) is 2.53. The molecule has 1 aliphatic heterocycles. The van der Waals surface area contributed by atoms with Crippen LogP contribution in [0, 0.1) is 11.2 Å². The third-order valence-electron chi connectivity index (χ3n) is 2.95. The van der Waals surface area contributed by atoms with Gasteiger partial charge in [-0.05, 0) is 6.07 Å². The van der Waals surface area contributed by atoms with E-state index in [1.165, 1.54) is 23.9 Å². The number of methoxy groups -OCH3 is 1. The van der Waals surface area contributed by atoms with E-state index < -0.39 is 12.0 Å². The molecular weight excluding hydrogens is 253 g/mol. The Morgan fingerprint density at radius 1 is 1.58 bits per heavy atom. The summed E-state index contributed by atoms with van der Waals surface area (Å²) in [5, 5.41) is 20.4. The molecule has 0 bridgehead atoms. The Labute approximate surface area is 107 Å². The molecule has 2 heterocycles. The summed E-state index contributed by atoms with van der Waals surface area (Å²) in [6.07, 6.45) is -0.439. The van der Waals surface area contributed by atoms with E-state index in [0.29, 0.717) is 16.7 Å². The van der Waals surface area contributed by atoms with Crippen molar-refractivity contribution < 1.29 is 14.2 Å². The SMILES string of the molecule is COc1cc(F)cc2c3n(c(=N)nc12)NC(CO)N3. The topological polar surface area (TPSA) is 95.2 Å². The van der Waals surface area contributed by atoms with Crippen LogP contribution in [0.15, 0.2) is 12.1 Å². The molecule has 0 saturated heterocycles. The monoisotopic (exact) mass is 265 g/mol. The number of hydrogen-bond donors (Lipinski definition) is 4. The van der Waals surface area contributed by atoms with Crippen LogP contribution in [0.5, 0.6) is 5.75 Å². The maximum atomic E-state index is 13.6. The summed E-state index contributed by atoms with van der Waals surface area (Å²) in [7, 11) is 1.42. The minimum absolute atomic E-state index is 0.0594. The maximum absolute atomic E-state index is 13.6. The average Bonchev–Trinajstić information content (AvgIpc) is 2.84. The van der Waals surface area contributed by atoms with E-state index in [1.807, 2.05) is 0 Å². The maximum Gasteiger partial charge on any atom is 0.243 e. The number of aromatic nitrogens is 2. The molecule has 0 spiro atoms. The summed E-state index contributed by atoms with van der Waals surface area (Å²) in [6, 6.07) is 2.53. The second-order valence-electron chi connectivity index (χ2n) is 4.13. The molecule has 2 aromatic rings. The number of nitrogens with one attached hydrogen (secondary N) is 3. The van der Waals surface area contributed by atoms with E-state index in [2.05, 4.69) is 15.7 Å². The van der Waals surface area contributed by atoms with Gasteiger partial charge in [0.25, 0.3) is 0 Å². The lowest BCUT2D eigenvalue weighted by molar-refractivity contribution is 0.282. The van der Waals surface area contributed by atoms with E-state index in [0.717, 1.165) is 0 Å². The highest BCUT2D eigenvalue weighted by Crippen LogP contribution is 2.30. The van der Waals surface area contributed by atoms with Crippen molar-refractivity contribution in [1.29, 1.82) is 5.41 Å². The summed E-state index contributed by atoms with van der Waals surface area (Å²) in [4.78, 5) is 4.08. The summed E-state index contributed by atoms with van der Waals surface area (Å²) in [6.45, 7) is -0.172. The van der Waals surface area contributed by atoms with E-state index in [-0.39, 0.29) is 18.0 Å². The molecule has 0 fully saturated rings. The van der Waals surface area contributed by atoms with Crippen molar-refractivity contribution >= 4 is 16.7 Å². The first-order valence-corrected chi connectivity index (χ1v) is 5.63. The number of halogens is 1. The first kappa shape index (κ1) is 11.7. The molecule has 1 unspecified atom stereocenters. The largest absolute Gasteiger partial charge is 0.494 e. The van der Waals surface area contributed by atoms with Gasteiger partial charge in [-0.3, -0.25) is 10.8 Å². The zero-order valence-corrected chi connectivity index (χ0v) is 10.1. The van der Waals surface area contributed by atoms with Crippen LogP contribution in [0.25, 0.3) is 10.9 Å². The molecule has 4 N–H and O–H groups in total. The number of nitrogens with zero attached hydrogens (tertiary/aromatic N) is 2. The summed E-state index contributed by atoms with van der Waals surface area (Å²) >= 11 is 0. The van der Waals surface area contributed by atoms with Crippen LogP contribution < -0.4 is 21.1 Å². The first-order valence-electron chi connectivity index (χ1n) is 5.63. The van der Waals surface area contributed by atoms with Gasteiger partial charge in [0.1, 0.15) is 29.1 Å². The van der Waals surface area contributed by atoms with Crippen molar-refractivity contribution in [2.45, 2.75) is 6.17 Å². The number of aliphatic hydroxyl groups excluding tert-OH is 1. The van der Waals surface area contributed by atoms with Crippen LogP contribution in [0.1, 0.15) is 0 Å². The highest BCUT2D eigenvalue weighted by Gasteiger charge is 2.23. The van der Waals surface area contributed by atoms with Crippen molar-refractivity contribution in [1.82, 2.24) is 9.66 Å². The molecule has 0 saturated carbocycles. The zero-order valence-electron chi connectivity index (χ0n) is 10.1. The van der Waals surface area contributed by atoms with Crippen LogP contribution in [-0.4, -0.2) is 34.6 Å². The minimum Gasteiger partial charge on any atom is -0.494 e. The predicted octanol–water partition coefficient (Wildman–Crippen LogP) is -0.0491. The van der Waals surface area contributed by atoms with Crippen molar-refractivity contribution in [3.63, 3.8) is 0 Å². The van der Waals surface area contributed by atoms with Gasteiger partial charge in [-0.2, -0.15) is 0 Å². The smallest absolute Gasteiger partial charge is 0.243 e. The molecule has 1 aromatic heterocycles. The Morgan fingerprint density at radius 2 is 2.37 bits per heavy atom. The van der Waals surface area contributed by atoms with Gasteiger partial charge in [0.05, 0.1) is 13.7 Å². The van der Waals surface area contributed by atoms with Crippen LogP contribution in [0.3, 0.4) is 0 Å². The van der Waals surface area contributed by atoms with E-state index in [4.69, 9.17) is 15.3 Å². The molecule has 0 amide bonds. The van der Waals surface area contributed by atoms with Gasteiger partial charge in [-0.1, -0.05) is 0 Å². The third kappa shape index (κ3) is 1.68. The summed E-state index contributed by atoms with van der Waals surface area (Å²) in [5.74, 6) is 0.286. The lowest BCUT2D eigenvalue weighted by Crippen LogP contribution is -2.34. The van der Waals surface area contributed by atoms with Crippen LogP contribution in [0.4, 0.5) is 10.2 Å². The number of rotatable bonds is 2. The van der Waals surface area contributed by atoms with Gasteiger partial charge in [0.2, 0.25) is 5.62 Å². The predicted molar refractivity (Wildman–Crippen MR) is 66.0 cm³/mol. The first-order chi connectivity index (χ1) is 9.13. The van der Waals surface area contributed by atoms with Gasteiger partial charge >= 0.3 is 0 Å². The average molecular weight is 265 g/mol.